The number of carbonyl (C=O) groups excluding carboxylic acids is 1. The summed E-state index contributed by atoms with van der Waals surface area (Å²) in [6.07, 6.45) is 2.37. The first kappa shape index (κ1) is 20.7. The topological polar surface area (TPSA) is 78.3 Å². The number of nitrogens with one attached hydrogen (secondary N) is 1. The van der Waals surface area contributed by atoms with E-state index >= 15 is 0 Å². The first-order chi connectivity index (χ1) is 14.9. The summed E-state index contributed by atoms with van der Waals surface area (Å²) in [7, 11) is 3.67. The minimum Gasteiger partial charge on any atom is -0.494 e. The SMILES string of the molecule is CN(Cc1cccc(-c2ccc(Cc3sc(=O)[nH]c3O)cc2)c1)C(=O)c1cccn1C. The van der Waals surface area contributed by atoms with Crippen LogP contribution in [0.3, 0.4) is 0 Å². The van der Waals surface area contributed by atoms with Crippen LogP contribution in [0.25, 0.3) is 11.1 Å². The molecular weight excluding hydrogens is 410 g/mol. The molecule has 2 N–H and O–H groups in total. The van der Waals surface area contributed by atoms with Crippen molar-refractivity contribution in [3.05, 3.63) is 98.2 Å². The molecule has 158 valence electrons. The van der Waals surface area contributed by atoms with Crippen molar-refractivity contribution in [2.45, 2.75) is 13.0 Å². The Morgan fingerprint density at radius 2 is 1.84 bits per heavy atom. The van der Waals surface area contributed by atoms with Crippen LogP contribution in [-0.4, -0.2) is 32.5 Å². The number of rotatable bonds is 6. The van der Waals surface area contributed by atoms with Gasteiger partial charge in [-0.15, -0.1) is 0 Å². The predicted molar refractivity (Wildman–Crippen MR) is 122 cm³/mol. The van der Waals surface area contributed by atoms with E-state index in [4.69, 9.17) is 0 Å². The first-order valence-electron chi connectivity index (χ1n) is 9.86. The highest BCUT2D eigenvalue weighted by molar-refractivity contribution is 7.09. The standard InChI is InChI=1S/C24H23N3O3S/c1-26-12-4-7-20(26)23(29)27(2)15-17-5-3-6-19(13-17)18-10-8-16(9-11-18)14-21-22(28)25-24(30)31-21/h3-13,28H,14-15H2,1-2H3,(H,25,30). The maximum absolute atomic E-state index is 12.7. The Labute approximate surface area is 184 Å². The predicted octanol–water partition coefficient (Wildman–Crippen LogP) is 4.01. The van der Waals surface area contributed by atoms with E-state index in [0.717, 1.165) is 33.6 Å². The van der Waals surface area contributed by atoms with Gasteiger partial charge in [-0.1, -0.05) is 53.8 Å². The zero-order chi connectivity index (χ0) is 22.0. The number of aromatic amines is 1. The smallest absolute Gasteiger partial charge is 0.307 e. The molecule has 0 fully saturated rings. The number of hydrogen-bond acceptors (Lipinski definition) is 4. The van der Waals surface area contributed by atoms with Gasteiger partial charge < -0.3 is 14.6 Å². The lowest BCUT2D eigenvalue weighted by molar-refractivity contribution is 0.0775. The minimum absolute atomic E-state index is 0.0161. The van der Waals surface area contributed by atoms with Gasteiger partial charge in [0.05, 0.1) is 4.88 Å². The number of carbonyl (C=O) groups is 1. The second-order valence-electron chi connectivity index (χ2n) is 7.53. The molecule has 4 rings (SSSR count). The Morgan fingerprint density at radius 3 is 2.48 bits per heavy atom. The molecule has 7 heteroatoms. The average Bonchev–Trinajstić information content (AvgIpc) is 3.32. The number of aromatic hydroxyl groups is 1. The number of amides is 1. The third-order valence-corrected chi connectivity index (χ3v) is 6.08. The van der Waals surface area contributed by atoms with Gasteiger partial charge in [0.25, 0.3) is 5.91 Å². The molecule has 0 bridgehead atoms. The van der Waals surface area contributed by atoms with Crippen molar-refractivity contribution in [2.75, 3.05) is 7.05 Å². The van der Waals surface area contributed by atoms with E-state index < -0.39 is 0 Å². The van der Waals surface area contributed by atoms with E-state index in [0.29, 0.717) is 23.5 Å². The number of benzene rings is 2. The highest BCUT2D eigenvalue weighted by atomic mass is 32.1. The molecule has 2 heterocycles. The van der Waals surface area contributed by atoms with E-state index in [1.165, 1.54) is 0 Å². The lowest BCUT2D eigenvalue weighted by Gasteiger charge is -2.18. The molecule has 0 unspecified atom stereocenters. The van der Waals surface area contributed by atoms with Gasteiger partial charge in [-0.05, 0) is 40.5 Å². The second-order valence-corrected chi connectivity index (χ2v) is 8.59. The molecule has 2 aromatic carbocycles. The van der Waals surface area contributed by atoms with E-state index in [-0.39, 0.29) is 16.7 Å². The Hall–Kier alpha value is -3.58. The number of H-pyrrole nitrogens is 1. The summed E-state index contributed by atoms with van der Waals surface area (Å²) in [4.78, 5) is 28.5. The fourth-order valence-electron chi connectivity index (χ4n) is 3.55. The third kappa shape index (κ3) is 4.62. The lowest BCUT2D eigenvalue weighted by atomic mass is 10.0. The zero-order valence-corrected chi connectivity index (χ0v) is 18.1. The first-order valence-corrected chi connectivity index (χ1v) is 10.7. The summed E-state index contributed by atoms with van der Waals surface area (Å²) in [5.41, 5.74) is 4.85. The fraction of sp³-hybridized carbons (Fsp3) is 0.167. The van der Waals surface area contributed by atoms with Crippen molar-refractivity contribution in [3.8, 4) is 17.0 Å². The largest absolute Gasteiger partial charge is 0.494 e. The molecular formula is C24H23N3O3S. The van der Waals surface area contributed by atoms with Crippen molar-refractivity contribution < 1.29 is 9.90 Å². The van der Waals surface area contributed by atoms with Gasteiger partial charge in [-0.2, -0.15) is 0 Å². The van der Waals surface area contributed by atoms with Crippen LogP contribution in [0.5, 0.6) is 5.88 Å². The molecule has 0 atom stereocenters. The molecule has 0 aliphatic heterocycles. The van der Waals surface area contributed by atoms with Crippen molar-refractivity contribution in [1.29, 1.82) is 0 Å². The number of nitrogens with zero attached hydrogens (tertiary/aromatic N) is 2. The molecule has 4 aromatic rings. The number of hydrogen-bond donors (Lipinski definition) is 2. The third-order valence-electron chi connectivity index (χ3n) is 5.21. The highest BCUT2D eigenvalue weighted by Gasteiger charge is 2.15. The minimum atomic E-state index is -0.253. The van der Waals surface area contributed by atoms with E-state index in [1.54, 1.807) is 4.90 Å². The molecule has 0 aliphatic rings. The normalized spacial score (nSPS) is 10.9. The van der Waals surface area contributed by atoms with Gasteiger partial charge in [0, 0.05) is 33.3 Å². The summed E-state index contributed by atoms with van der Waals surface area (Å²) in [6, 6.07) is 19.9. The van der Waals surface area contributed by atoms with Gasteiger partial charge in [-0.25, -0.2) is 0 Å². The summed E-state index contributed by atoms with van der Waals surface area (Å²) < 4.78 is 1.82. The van der Waals surface area contributed by atoms with Crippen LogP contribution in [0.4, 0.5) is 0 Å². The molecule has 1 amide bonds. The van der Waals surface area contributed by atoms with Crippen LogP contribution < -0.4 is 4.87 Å². The molecule has 0 radical (unpaired) electrons. The van der Waals surface area contributed by atoms with Crippen LogP contribution in [0.2, 0.25) is 0 Å². The fourth-order valence-corrected chi connectivity index (χ4v) is 4.30. The van der Waals surface area contributed by atoms with Crippen LogP contribution in [0, 0.1) is 0 Å². The maximum atomic E-state index is 12.7. The molecule has 6 nitrogen and oxygen atoms in total. The quantitative estimate of drug-likeness (QED) is 0.482. The number of aromatic nitrogens is 2. The second kappa shape index (κ2) is 8.65. The lowest BCUT2D eigenvalue weighted by Crippen LogP contribution is -2.27. The summed E-state index contributed by atoms with van der Waals surface area (Å²) in [5.74, 6) is -0.0710. The van der Waals surface area contributed by atoms with Gasteiger partial charge in [-0.3, -0.25) is 14.6 Å². The Morgan fingerprint density at radius 1 is 1.06 bits per heavy atom. The summed E-state index contributed by atoms with van der Waals surface area (Å²) in [5, 5.41) is 9.77. The van der Waals surface area contributed by atoms with Crippen LogP contribution in [-0.2, 0) is 20.0 Å². The van der Waals surface area contributed by atoms with E-state index in [9.17, 15) is 14.7 Å². The molecule has 2 aromatic heterocycles. The Kier molecular flexibility index (Phi) is 5.77. The number of thiazole rings is 1. The van der Waals surface area contributed by atoms with Gasteiger partial charge in [0.2, 0.25) is 5.88 Å². The Bertz CT molecular complexity index is 1270. The number of aryl methyl sites for hydroxylation is 1. The highest BCUT2D eigenvalue weighted by Crippen LogP contribution is 2.25. The molecule has 0 saturated heterocycles. The van der Waals surface area contributed by atoms with E-state index in [1.807, 2.05) is 79.5 Å². The molecule has 0 aliphatic carbocycles. The summed E-state index contributed by atoms with van der Waals surface area (Å²) >= 11 is 1.02. The molecule has 0 spiro atoms. The van der Waals surface area contributed by atoms with Crippen molar-refractivity contribution in [2.24, 2.45) is 7.05 Å². The van der Waals surface area contributed by atoms with Crippen LogP contribution in [0.1, 0.15) is 26.5 Å². The van der Waals surface area contributed by atoms with Crippen LogP contribution >= 0.6 is 11.3 Å². The summed E-state index contributed by atoms with van der Waals surface area (Å²) in [6.45, 7) is 0.515. The monoisotopic (exact) mass is 433 g/mol. The van der Waals surface area contributed by atoms with Gasteiger partial charge >= 0.3 is 4.87 Å². The van der Waals surface area contributed by atoms with Crippen molar-refractivity contribution in [3.63, 3.8) is 0 Å². The van der Waals surface area contributed by atoms with Gasteiger partial charge in [0.15, 0.2) is 0 Å². The molecule has 0 saturated carbocycles. The maximum Gasteiger partial charge on any atom is 0.307 e. The van der Waals surface area contributed by atoms with Crippen LogP contribution in [0.15, 0.2) is 71.7 Å². The van der Waals surface area contributed by atoms with Gasteiger partial charge in [0.1, 0.15) is 5.69 Å². The molecule has 31 heavy (non-hydrogen) atoms. The van der Waals surface area contributed by atoms with Crippen molar-refractivity contribution in [1.82, 2.24) is 14.5 Å². The van der Waals surface area contributed by atoms with Crippen molar-refractivity contribution >= 4 is 17.2 Å². The average molecular weight is 434 g/mol. The zero-order valence-electron chi connectivity index (χ0n) is 17.3. The van der Waals surface area contributed by atoms with E-state index in [2.05, 4.69) is 11.1 Å². The Balaban J connectivity index is 1.47.